The molecule has 90 valence electrons. The number of hydrogen-bond acceptors (Lipinski definition) is 3. The van der Waals surface area contributed by atoms with Crippen molar-refractivity contribution in [1.82, 2.24) is 14.8 Å². The topological polar surface area (TPSA) is 56.7 Å². The van der Waals surface area contributed by atoms with Crippen molar-refractivity contribution in [3.63, 3.8) is 0 Å². The number of hydrogen-bond donors (Lipinski definition) is 1. The van der Waals surface area contributed by atoms with Gasteiger partial charge in [0.15, 0.2) is 0 Å². The molecular formula is C12H22N4. The summed E-state index contributed by atoms with van der Waals surface area (Å²) in [5, 5.41) is 8.33. The van der Waals surface area contributed by atoms with E-state index >= 15 is 0 Å². The van der Waals surface area contributed by atoms with Crippen molar-refractivity contribution in [2.75, 3.05) is 0 Å². The van der Waals surface area contributed by atoms with Crippen molar-refractivity contribution in [3.05, 3.63) is 12.2 Å². The molecule has 2 unspecified atom stereocenters. The van der Waals surface area contributed by atoms with Gasteiger partial charge < -0.3 is 10.3 Å². The molecule has 1 fully saturated rings. The second-order valence-electron chi connectivity index (χ2n) is 5.10. The van der Waals surface area contributed by atoms with E-state index in [2.05, 4.69) is 28.6 Å². The molecule has 0 spiro atoms. The van der Waals surface area contributed by atoms with Crippen LogP contribution < -0.4 is 5.73 Å². The van der Waals surface area contributed by atoms with Gasteiger partial charge in [0, 0.05) is 18.0 Å². The minimum Gasteiger partial charge on any atom is -0.327 e. The van der Waals surface area contributed by atoms with Crippen LogP contribution in [0.1, 0.15) is 63.7 Å². The van der Waals surface area contributed by atoms with Crippen LogP contribution in [-0.2, 0) is 0 Å². The third-order valence-corrected chi connectivity index (χ3v) is 3.56. The summed E-state index contributed by atoms with van der Waals surface area (Å²) in [7, 11) is 0. The van der Waals surface area contributed by atoms with Crippen molar-refractivity contribution in [2.45, 2.75) is 64.0 Å². The summed E-state index contributed by atoms with van der Waals surface area (Å²) >= 11 is 0. The average Bonchev–Trinajstić information content (AvgIpc) is 2.63. The Balaban J connectivity index is 2.23. The predicted octanol–water partition coefficient (Wildman–Crippen LogP) is 2.23. The molecule has 1 saturated carbocycles. The highest BCUT2D eigenvalue weighted by molar-refractivity contribution is 5.03. The molecule has 1 aromatic heterocycles. The fourth-order valence-electron chi connectivity index (χ4n) is 2.57. The van der Waals surface area contributed by atoms with E-state index in [9.17, 15) is 0 Å². The smallest absolute Gasteiger partial charge is 0.137 e. The molecule has 4 nitrogen and oxygen atoms in total. The van der Waals surface area contributed by atoms with E-state index < -0.39 is 0 Å². The van der Waals surface area contributed by atoms with Gasteiger partial charge in [0.25, 0.3) is 0 Å². The van der Waals surface area contributed by atoms with Gasteiger partial charge in [0.1, 0.15) is 12.2 Å². The lowest BCUT2D eigenvalue weighted by Crippen LogP contribution is -2.29. The van der Waals surface area contributed by atoms with Crippen LogP contribution in [0.15, 0.2) is 6.33 Å². The van der Waals surface area contributed by atoms with Crippen molar-refractivity contribution >= 4 is 0 Å². The zero-order chi connectivity index (χ0) is 11.5. The summed E-state index contributed by atoms with van der Waals surface area (Å²) in [4.78, 5) is 0. The van der Waals surface area contributed by atoms with Crippen LogP contribution in [-0.4, -0.2) is 20.8 Å². The number of aromatic nitrogens is 3. The van der Waals surface area contributed by atoms with Crippen molar-refractivity contribution < 1.29 is 0 Å². The lowest BCUT2D eigenvalue weighted by atomic mass is 9.94. The van der Waals surface area contributed by atoms with Gasteiger partial charge in [-0.15, -0.1) is 10.2 Å². The van der Waals surface area contributed by atoms with Gasteiger partial charge in [-0.05, 0) is 26.7 Å². The van der Waals surface area contributed by atoms with Crippen LogP contribution in [0.3, 0.4) is 0 Å². The van der Waals surface area contributed by atoms with Gasteiger partial charge >= 0.3 is 0 Å². The highest BCUT2D eigenvalue weighted by atomic mass is 15.3. The first-order valence-corrected chi connectivity index (χ1v) is 6.35. The summed E-state index contributed by atoms with van der Waals surface area (Å²) in [5.74, 6) is 1.48. The van der Waals surface area contributed by atoms with Gasteiger partial charge in [-0.2, -0.15) is 0 Å². The molecule has 4 heteroatoms. The number of nitrogens with two attached hydrogens (primary N) is 1. The standard InChI is InChI=1S/C12H22N4/c1-9(2)16-8-14-15-12(16)10-6-4-3-5-7-11(10)13/h8-11H,3-7,13H2,1-2H3. The van der Waals surface area contributed by atoms with E-state index in [0.717, 1.165) is 18.7 Å². The van der Waals surface area contributed by atoms with Crippen LogP contribution in [0.25, 0.3) is 0 Å². The lowest BCUT2D eigenvalue weighted by molar-refractivity contribution is 0.445. The second-order valence-corrected chi connectivity index (χ2v) is 5.10. The maximum Gasteiger partial charge on any atom is 0.137 e. The van der Waals surface area contributed by atoms with Gasteiger partial charge in [0.2, 0.25) is 0 Å². The molecule has 0 radical (unpaired) electrons. The molecule has 16 heavy (non-hydrogen) atoms. The van der Waals surface area contributed by atoms with Crippen molar-refractivity contribution in [2.24, 2.45) is 5.73 Å². The predicted molar refractivity (Wildman–Crippen MR) is 64.2 cm³/mol. The Morgan fingerprint density at radius 3 is 2.81 bits per heavy atom. The van der Waals surface area contributed by atoms with E-state index in [4.69, 9.17) is 5.73 Å². The molecule has 0 aromatic carbocycles. The normalized spacial score (nSPS) is 27.0. The number of rotatable bonds is 2. The molecule has 0 bridgehead atoms. The Bertz CT molecular complexity index is 332. The quantitative estimate of drug-likeness (QED) is 0.781. The largest absolute Gasteiger partial charge is 0.327 e. The van der Waals surface area contributed by atoms with E-state index in [1.165, 1.54) is 19.3 Å². The first-order valence-electron chi connectivity index (χ1n) is 6.35. The van der Waals surface area contributed by atoms with Gasteiger partial charge in [-0.25, -0.2) is 0 Å². The molecule has 1 aliphatic rings. The summed E-state index contributed by atoms with van der Waals surface area (Å²) in [6, 6.07) is 0.671. The van der Waals surface area contributed by atoms with E-state index in [1.807, 2.05) is 6.33 Å². The van der Waals surface area contributed by atoms with Crippen LogP contribution in [0.4, 0.5) is 0 Å². The molecule has 0 saturated heterocycles. The van der Waals surface area contributed by atoms with Gasteiger partial charge in [-0.1, -0.05) is 19.3 Å². The van der Waals surface area contributed by atoms with Crippen molar-refractivity contribution in [1.29, 1.82) is 0 Å². The molecule has 0 aliphatic heterocycles. The van der Waals surface area contributed by atoms with Crippen LogP contribution in [0.2, 0.25) is 0 Å². The van der Waals surface area contributed by atoms with Crippen LogP contribution in [0, 0.1) is 0 Å². The van der Waals surface area contributed by atoms with E-state index in [0.29, 0.717) is 12.0 Å². The fourth-order valence-corrected chi connectivity index (χ4v) is 2.57. The number of nitrogens with zero attached hydrogens (tertiary/aromatic N) is 3. The Morgan fingerprint density at radius 1 is 1.31 bits per heavy atom. The lowest BCUT2D eigenvalue weighted by Gasteiger charge is -2.22. The summed E-state index contributed by atoms with van der Waals surface area (Å²) in [5.41, 5.74) is 6.26. The summed E-state index contributed by atoms with van der Waals surface area (Å²) in [6.07, 6.45) is 7.94. The SMILES string of the molecule is CC(C)n1cnnc1C1CCCCCC1N. The zero-order valence-corrected chi connectivity index (χ0v) is 10.3. The third-order valence-electron chi connectivity index (χ3n) is 3.56. The molecule has 1 heterocycles. The molecule has 2 rings (SSSR count). The van der Waals surface area contributed by atoms with Gasteiger partial charge in [0.05, 0.1) is 0 Å². The van der Waals surface area contributed by atoms with Gasteiger partial charge in [-0.3, -0.25) is 0 Å². The first-order chi connectivity index (χ1) is 7.70. The Labute approximate surface area is 97.2 Å². The molecule has 2 atom stereocenters. The molecule has 2 N–H and O–H groups in total. The molecular weight excluding hydrogens is 200 g/mol. The maximum atomic E-state index is 6.26. The highest BCUT2D eigenvalue weighted by Crippen LogP contribution is 2.30. The fraction of sp³-hybridized carbons (Fsp3) is 0.833. The zero-order valence-electron chi connectivity index (χ0n) is 10.3. The summed E-state index contributed by atoms with van der Waals surface area (Å²) in [6.45, 7) is 4.32. The highest BCUT2D eigenvalue weighted by Gasteiger charge is 2.26. The molecule has 1 aliphatic carbocycles. The minimum atomic E-state index is 0.254. The first kappa shape index (κ1) is 11.6. The minimum absolute atomic E-state index is 0.254. The Hall–Kier alpha value is -0.900. The Morgan fingerprint density at radius 2 is 2.06 bits per heavy atom. The monoisotopic (exact) mass is 222 g/mol. The summed E-state index contributed by atoms with van der Waals surface area (Å²) < 4.78 is 2.16. The molecule has 1 aromatic rings. The van der Waals surface area contributed by atoms with Crippen LogP contribution >= 0.6 is 0 Å². The molecule has 0 amide bonds. The maximum absolute atomic E-state index is 6.26. The van der Waals surface area contributed by atoms with Crippen molar-refractivity contribution in [3.8, 4) is 0 Å². The van der Waals surface area contributed by atoms with E-state index in [1.54, 1.807) is 0 Å². The third kappa shape index (κ3) is 2.26. The van der Waals surface area contributed by atoms with E-state index in [-0.39, 0.29) is 6.04 Å². The Kier molecular flexibility index (Phi) is 3.59. The van der Waals surface area contributed by atoms with Crippen LogP contribution in [0.5, 0.6) is 0 Å². The second kappa shape index (κ2) is 4.95. The average molecular weight is 222 g/mol.